The van der Waals surface area contributed by atoms with Crippen molar-refractivity contribution in [1.29, 1.82) is 0 Å². The third-order valence-electron chi connectivity index (χ3n) is 6.61. The topological polar surface area (TPSA) is 103 Å². The molecule has 166 valence electrons. The van der Waals surface area contributed by atoms with Crippen molar-refractivity contribution in [2.24, 2.45) is 0 Å². The monoisotopic (exact) mass is 450 g/mol. The molecule has 3 aliphatic rings. The number of thiazole rings is 1. The molecule has 1 saturated heterocycles. The summed E-state index contributed by atoms with van der Waals surface area (Å²) in [7, 11) is 1.79. The van der Waals surface area contributed by atoms with Crippen LogP contribution in [0, 0.1) is 0 Å². The summed E-state index contributed by atoms with van der Waals surface area (Å²) in [5.74, 6) is 2.91. The number of carbonyl (C=O) groups excluding carboxylic acids is 1. The quantitative estimate of drug-likeness (QED) is 0.593. The van der Waals surface area contributed by atoms with Crippen LogP contribution in [0.2, 0.25) is 0 Å². The molecule has 1 saturated carbocycles. The van der Waals surface area contributed by atoms with Crippen molar-refractivity contribution in [2.45, 2.75) is 56.9 Å². The Morgan fingerprint density at radius 2 is 2.16 bits per heavy atom. The number of H-pyrrole nitrogens is 1. The van der Waals surface area contributed by atoms with Crippen molar-refractivity contribution >= 4 is 40.0 Å². The van der Waals surface area contributed by atoms with Crippen LogP contribution in [0.15, 0.2) is 17.6 Å². The number of nitrogens with one attached hydrogen (secondary N) is 2. The van der Waals surface area contributed by atoms with Crippen LogP contribution >= 0.6 is 11.3 Å². The van der Waals surface area contributed by atoms with Gasteiger partial charge in [0.25, 0.3) is 5.91 Å². The highest BCUT2D eigenvalue weighted by atomic mass is 32.1. The fourth-order valence-corrected chi connectivity index (χ4v) is 5.35. The van der Waals surface area contributed by atoms with Crippen LogP contribution in [0.1, 0.15) is 55.0 Å². The Balaban J connectivity index is 1.29. The highest BCUT2D eigenvalue weighted by Gasteiger charge is 2.36. The van der Waals surface area contributed by atoms with Gasteiger partial charge >= 0.3 is 0 Å². The van der Waals surface area contributed by atoms with E-state index in [1.54, 1.807) is 18.1 Å². The summed E-state index contributed by atoms with van der Waals surface area (Å²) in [6.45, 7) is 0.772. The number of likely N-dealkylation sites (N-methyl/N-ethyl adjacent to an activating group) is 1. The maximum absolute atomic E-state index is 13.3. The minimum Gasteiger partial charge on any atom is -0.329 e. The van der Waals surface area contributed by atoms with E-state index in [0.29, 0.717) is 17.0 Å². The maximum Gasteiger partial charge on any atom is 0.251 e. The average molecular weight is 451 g/mol. The average Bonchev–Trinajstić information content (AvgIpc) is 3.32. The van der Waals surface area contributed by atoms with Crippen LogP contribution in [0.3, 0.4) is 0 Å². The zero-order valence-electron chi connectivity index (χ0n) is 18.0. The predicted molar refractivity (Wildman–Crippen MR) is 124 cm³/mol. The van der Waals surface area contributed by atoms with E-state index in [1.165, 1.54) is 35.4 Å². The first-order valence-corrected chi connectivity index (χ1v) is 12.2. The van der Waals surface area contributed by atoms with Gasteiger partial charge in [0.05, 0.1) is 5.69 Å². The van der Waals surface area contributed by atoms with Crippen LogP contribution in [-0.4, -0.2) is 50.7 Å². The summed E-state index contributed by atoms with van der Waals surface area (Å²) in [5.41, 5.74) is 3.45. The van der Waals surface area contributed by atoms with Gasteiger partial charge in [-0.15, -0.1) is 11.3 Å². The number of rotatable bonds is 6. The molecule has 1 atom stereocenters. The first-order valence-electron chi connectivity index (χ1n) is 11.3. The summed E-state index contributed by atoms with van der Waals surface area (Å²) in [6.07, 6.45) is 8.90. The van der Waals surface area contributed by atoms with Crippen molar-refractivity contribution in [3.63, 3.8) is 0 Å². The van der Waals surface area contributed by atoms with Gasteiger partial charge in [-0.05, 0) is 44.9 Å². The minimum absolute atomic E-state index is 0.0393. The molecule has 0 radical (unpaired) electrons. The first kappa shape index (κ1) is 19.7. The number of carbonyl (C=O) groups is 1. The molecule has 9 nitrogen and oxygen atoms in total. The predicted octanol–water partition coefficient (Wildman–Crippen LogP) is 3.40. The van der Waals surface area contributed by atoms with E-state index in [9.17, 15) is 4.79 Å². The second kappa shape index (κ2) is 7.84. The van der Waals surface area contributed by atoms with E-state index in [0.717, 1.165) is 56.0 Å². The lowest BCUT2D eigenvalue weighted by Gasteiger charge is -2.27. The molecule has 10 heteroatoms. The molecule has 1 aliphatic heterocycles. The van der Waals surface area contributed by atoms with Gasteiger partial charge < -0.3 is 10.2 Å². The largest absolute Gasteiger partial charge is 0.329 e. The Hall–Kier alpha value is -3.01. The van der Waals surface area contributed by atoms with Crippen molar-refractivity contribution in [2.75, 3.05) is 28.7 Å². The number of anilines is 4. The van der Waals surface area contributed by atoms with E-state index in [1.807, 2.05) is 5.38 Å². The number of hydrogen-bond acceptors (Lipinski definition) is 8. The van der Waals surface area contributed by atoms with Crippen LogP contribution in [-0.2, 0) is 17.6 Å². The second-order valence-electron chi connectivity index (χ2n) is 8.82. The van der Waals surface area contributed by atoms with Crippen LogP contribution in [0.4, 0.5) is 22.7 Å². The third kappa shape index (κ3) is 3.52. The number of nitrogens with zero attached hydrogens (tertiary/aromatic N) is 6. The molecule has 0 aromatic carbocycles. The van der Waals surface area contributed by atoms with Gasteiger partial charge in [0, 0.05) is 48.4 Å². The summed E-state index contributed by atoms with van der Waals surface area (Å²) in [5, 5.41) is 13.6. The van der Waals surface area contributed by atoms with Gasteiger partial charge in [-0.2, -0.15) is 10.1 Å². The number of aromatic amines is 1. The van der Waals surface area contributed by atoms with E-state index in [4.69, 9.17) is 9.97 Å². The summed E-state index contributed by atoms with van der Waals surface area (Å²) in [6, 6.07) is 1.81. The number of fused-ring (bicyclic) bond motifs is 1. The molecule has 2 aliphatic carbocycles. The normalized spacial score (nSPS) is 19.9. The molecule has 3 aromatic rings. The number of aryl methyl sites for hydroxylation is 1. The van der Waals surface area contributed by atoms with Crippen LogP contribution in [0.25, 0.3) is 0 Å². The Morgan fingerprint density at radius 1 is 1.25 bits per heavy atom. The molecule has 3 aromatic heterocycles. The highest BCUT2D eigenvalue weighted by Crippen LogP contribution is 2.40. The van der Waals surface area contributed by atoms with Gasteiger partial charge in [-0.25, -0.2) is 9.97 Å². The van der Waals surface area contributed by atoms with Crippen molar-refractivity contribution in [3.8, 4) is 0 Å². The third-order valence-corrected chi connectivity index (χ3v) is 7.46. The van der Waals surface area contributed by atoms with E-state index < -0.39 is 0 Å². The van der Waals surface area contributed by atoms with Crippen molar-refractivity contribution in [1.82, 2.24) is 25.1 Å². The van der Waals surface area contributed by atoms with Crippen LogP contribution in [0.5, 0.6) is 0 Å². The summed E-state index contributed by atoms with van der Waals surface area (Å²) in [4.78, 5) is 31.1. The fraction of sp³-hybridized carbons (Fsp3) is 0.500. The van der Waals surface area contributed by atoms with Gasteiger partial charge in [0.2, 0.25) is 5.95 Å². The molecular formula is C22H26N8OS. The second-order valence-corrected chi connectivity index (χ2v) is 9.70. The lowest BCUT2D eigenvalue weighted by Crippen LogP contribution is -2.45. The number of amides is 1. The molecule has 0 bridgehead atoms. The molecule has 0 unspecified atom stereocenters. The van der Waals surface area contributed by atoms with Crippen molar-refractivity contribution in [3.05, 3.63) is 34.6 Å². The molecule has 6 rings (SSSR count). The van der Waals surface area contributed by atoms with Crippen LogP contribution < -0.4 is 15.1 Å². The lowest BCUT2D eigenvalue weighted by atomic mass is 10.2. The molecule has 4 heterocycles. The molecule has 0 spiro atoms. The summed E-state index contributed by atoms with van der Waals surface area (Å²) < 4.78 is 0. The van der Waals surface area contributed by atoms with Crippen molar-refractivity contribution < 1.29 is 4.79 Å². The highest BCUT2D eigenvalue weighted by molar-refractivity contribution is 7.13. The lowest BCUT2D eigenvalue weighted by molar-refractivity contribution is -0.119. The SMILES string of the molecule is CN(C(=O)[C@@H]1CCCN1c1nc2c(c(Nc3cc(C4CC4)[nH]n3)n1)CCC2)c1nccs1. The Labute approximate surface area is 190 Å². The smallest absolute Gasteiger partial charge is 0.251 e. The zero-order chi connectivity index (χ0) is 21.7. The molecule has 32 heavy (non-hydrogen) atoms. The fourth-order valence-electron chi connectivity index (χ4n) is 4.74. The van der Waals surface area contributed by atoms with E-state index >= 15 is 0 Å². The van der Waals surface area contributed by atoms with Gasteiger partial charge in [-0.3, -0.25) is 14.8 Å². The van der Waals surface area contributed by atoms with Gasteiger partial charge in [0.15, 0.2) is 10.9 Å². The Kier molecular flexibility index (Phi) is 4.82. The maximum atomic E-state index is 13.3. The zero-order valence-corrected chi connectivity index (χ0v) is 18.9. The molecule has 2 fully saturated rings. The Bertz CT molecular complexity index is 1140. The van der Waals surface area contributed by atoms with E-state index in [-0.39, 0.29) is 11.9 Å². The molecule has 1 amide bonds. The first-order chi connectivity index (χ1) is 15.7. The Morgan fingerprint density at radius 3 is 2.97 bits per heavy atom. The molecule has 2 N–H and O–H groups in total. The standard InChI is InChI=1S/C22H26N8OS/c1-29(22-23-9-11-32-22)20(31)17-6-3-10-30(17)21-24-15-5-2-4-14(15)19(26-21)25-18-12-16(27-28-18)13-7-8-13/h9,11-13,17H,2-8,10H2,1H3,(H2,24,25,26,27,28)/t17-/m0/s1. The van der Waals surface area contributed by atoms with E-state index in [2.05, 4.69) is 31.5 Å². The van der Waals surface area contributed by atoms with Gasteiger partial charge in [-0.1, -0.05) is 0 Å². The summed E-state index contributed by atoms with van der Waals surface area (Å²) >= 11 is 1.47. The number of aromatic nitrogens is 5. The van der Waals surface area contributed by atoms with Gasteiger partial charge in [0.1, 0.15) is 11.9 Å². The minimum atomic E-state index is -0.275. The number of hydrogen-bond donors (Lipinski definition) is 2. The molecular weight excluding hydrogens is 424 g/mol.